The summed E-state index contributed by atoms with van der Waals surface area (Å²) in [6.45, 7) is 6.93. The van der Waals surface area contributed by atoms with Crippen molar-refractivity contribution in [1.82, 2.24) is 0 Å². The Bertz CT molecular complexity index is 76.0. The van der Waals surface area contributed by atoms with Gasteiger partial charge < -0.3 is 9.42 Å². The highest BCUT2D eigenvalue weighted by atomic mass is 31.2. The van der Waals surface area contributed by atoms with E-state index in [4.69, 9.17) is 9.42 Å². The van der Waals surface area contributed by atoms with E-state index >= 15 is 0 Å². The van der Waals surface area contributed by atoms with E-state index in [1.165, 1.54) is 0 Å². The van der Waals surface area contributed by atoms with Gasteiger partial charge in [-0.2, -0.15) is 0 Å². The quantitative estimate of drug-likeness (QED) is 0.632. The van der Waals surface area contributed by atoms with Gasteiger partial charge in [-0.15, -0.1) is 0 Å². The van der Waals surface area contributed by atoms with Crippen LogP contribution in [0.1, 0.15) is 27.2 Å². The van der Waals surface area contributed by atoms with Gasteiger partial charge in [0.25, 0.3) is 0 Å². The molecule has 0 radical (unpaired) electrons. The van der Waals surface area contributed by atoms with Crippen LogP contribution in [0.15, 0.2) is 0 Å². The van der Waals surface area contributed by atoms with Crippen LogP contribution in [0.3, 0.4) is 0 Å². The molecule has 0 aliphatic rings. The normalized spacial score (nSPS) is 14.1. The van der Waals surface area contributed by atoms with Crippen LogP contribution in [-0.2, 0) is 4.52 Å². The zero-order valence-electron chi connectivity index (χ0n) is 7.00. The number of rotatable bonds is 5. The van der Waals surface area contributed by atoms with E-state index < -0.39 is 8.38 Å². The lowest BCUT2D eigenvalue weighted by molar-refractivity contribution is 0.285. The molecule has 1 N–H and O–H groups in total. The maximum Gasteiger partial charge on any atom is 0.167 e. The molecule has 62 valence electrons. The molecule has 0 saturated heterocycles. The smallest absolute Gasteiger partial charge is 0.167 e. The Balaban J connectivity index is 3.03. The average Bonchev–Trinajstić information content (AvgIpc) is 1.87. The third kappa shape index (κ3) is 6.47. The molecule has 0 bridgehead atoms. The molecule has 0 fully saturated rings. The van der Waals surface area contributed by atoms with Gasteiger partial charge in [-0.05, 0) is 12.3 Å². The molecule has 0 amide bonds. The predicted octanol–water partition coefficient (Wildman–Crippen LogP) is 2.37. The van der Waals surface area contributed by atoms with Gasteiger partial charge in [0.1, 0.15) is 0 Å². The zero-order valence-corrected chi connectivity index (χ0v) is 7.90. The Morgan fingerprint density at radius 1 is 1.50 bits per heavy atom. The minimum atomic E-state index is -1.11. The van der Waals surface area contributed by atoms with Crippen molar-refractivity contribution in [3.8, 4) is 0 Å². The second-order valence-corrected chi connectivity index (χ2v) is 4.28. The van der Waals surface area contributed by atoms with Gasteiger partial charge in [0, 0.05) is 6.16 Å². The van der Waals surface area contributed by atoms with Crippen LogP contribution in [0.25, 0.3) is 0 Å². The SMILES string of the molecule is CCP(O)OCCC(C)C. The summed E-state index contributed by atoms with van der Waals surface area (Å²) < 4.78 is 5.12. The Morgan fingerprint density at radius 2 is 2.10 bits per heavy atom. The van der Waals surface area contributed by atoms with Crippen LogP contribution in [0.4, 0.5) is 0 Å². The first-order valence-electron chi connectivity index (χ1n) is 3.76. The van der Waals surface area contributed by atoms with Crippen molar-refractivity contribution in [1.29, 1.82) is 0 Å². The molecular formula is C7H17O2P. The van der Waals surface area contributed by atoms with E-state index in [2.05, 4.69) is 13.8 Å². The molecule has 0 heterocycles. The first-order valence-corrected chi connectivity index (χ1v) is 5.16. The van der Waals surface area contributed by atoms with Crippen molar-refractivity contribution >= 4 is 8.38 Å². The van der Waals surface area contributed by atoms with Gasteiger partial charge in [-0.1, -0.05) is 20.8 Å². The van der Waals surface area contributed by atoms with Crippen LogP contribution in [-0.4, -0.2) is 17.7 Å². The van der Waals surface area contributed by atoms with Crippen molar-refractivity contribution in [2.24, 2.45) is 5.92 Å². The lowest BCUT2D eigenvalue weighted by Crippen LogP contribution is -1.95. The molecule has 2 nitrogen and oxygen atoms in total. The lowest BCUT2D eigenvalue weighted by atomic mass is 10.2. The van der Waals surface area contributed by atoms with Crippen LogP contribution >= 0.6 is 8.38 Å². The summed E-state index contributed by atoms with van der Waals surface area (Å²) in [5.41, 5.74) is 0. The van der Waals surface area contributed by atoms with E-state index in [0.717, 1.165) is 12.6 Å². The molecule has 0 aromatic rings. The Hall–Kier alpha value is 0.350. The maximum atomic E-state index is 9.01. The molecule has 0 rings (SSSR count). The molecule has 1 atom stereocenters. The number of hydrogen-bond donors (Lipinski definition) is 1. The van der Waals surface area contributed by atoms with Crippen molar-refractivity contribution < 1.29 is 9.42 Å². The van der Waals surface area contributed by atoms with E-state index in [0.29, 0.717) is 12.5 Å². The first-order chi connectivity index (χ1) is 4.66. The van der Waals surface area contributed by atoms with Crippen LogP contribution in [0.2, 0.25) is 0 Å². The van der Waals surface area contributed by atoms with Gasteiger partial charge in [0.2, 0.25) is 0 Å². The fourth-order valence-corrected chi connectivity index (χ4v) is 0.984. The van der Waals surface area contributed by atoms with E-state index in [9.17, 15) is 0 Å². The van der Waals surface area contributed by atoms with E-state index in [1.807, 2.05) is 6.92 Å². The van der Waals surface area contributed by atoms with Crippen LogP contribution in [0, 0.1) is 5.92 Å². The molecule has 0 aliphatic heterocycles. The Labute approximate surface area is 64.5 Å². The monoisotopic (exact) mass is 164 g/mol. The molecule has 0 aromatic heterocycles. The summed E-state index contributed by atoms with van der Waals surface area (Å²) in [5, 5.41) is 0. The van der Waals surface area contributed by atoms with Crippen molar-refractivity contribution in [3.05, 3.63) is 0 Å². The van der Waals surface area contributed by atoms with Crippen molar-refractivity contribution in [3.63, 3.8) is 0 Å². The second kappa shape index (κ2) is 6.09. The highest BCUT2D eigenvalue weighted by Gasteiger charge is 2.00. The summed E-state index contributed by atoms with van der Waals surface area (Å²) in [6, 6.07) is 0. The zero-order chi connectivity index (χ0) is 7.98. The highest BCUT2D eigenvalue weighted by molar-refractivity contribution is 7.46. The summed E-state index contributed by atoms with van der Waals surface area (Å²) in [5.74, 6) is 0.667. The topological polar surface area (TPSA) is 29.5 Å². The third-order valence-corrected chi connectivity index (χ3v) is 2.23. The molecule has 1 unspecified atom stereocenters. The van der Waals surface area contributed by atoms with Crippen LogP contribution in [0.5, 0.6) is 0 Å². The van der Waals surface area contributed by atoms with Crippen LogP contribution < -0.4 is 0 Å². The Kier molecular flexibility index (Phi) is 6.30. The molecule has 3 heteroatoms. The van der Waals surface area contributed by atoms with Crippen molar-refractivity contribution in [2.75, 3.05) is 12.8 Å². The Morgan fingerprint density at radius 3 is 2.50 bits per heavy atom. The van der Waals surface area contributed by atoms with E-state index in [1.54, 1.807) is 0 Å². The molecular weight excluding hydrogens is 147 g/mol. The van der Waals surface area contributed by atoms with E-state index in [-0.39, 0.29) is 0 Å². The number of hydrogen-bond acceptors (Lipinski definition) is 2. The second-order valence-electron chi connectivity index (χ2n) is 2.68. The standard InChI is InChI=1S/C7H17O2P/c1-4-10(8)9-6-5-7(2)3/h7-8H,4-6H2,1-3H3. The maximum absolute atomic E-state index is 9.01. The molecule has 0 saturated carbocycles. The fourth-order valence-electron chi connectivity index (χ4n) is 0.485. The third-order valence-electron chi connectivity index (χ3n) is 1.21. The van der Waals surface area contributed by atoms with Gasteiger partial charge >= 0.3 is 0 Å². The van der Waals surface area contributed by atoms with Gasteiger partial charge in [0.05, 0.1) is 6.61 Å². The highest BCUT2D eigenvalue weighted by Crippen LogP contribution is 2.30. The predicted molar refractivity (Wildman–Crippen MR) is 45.1 cm³/mol. The molecule has 10 heavy (non-hydrogen) atoms. The van der Waals surface area contributed by atoms with Gasteiger partial charge in [-0.3, -0.25) is 0 Å². The lowest BCUT2D eigenvalue weighted by Gasteiger charge is -2.09. The summed E-state index contributed by atoms with van der Waals surface area (Å²) >= 11 is 0. The minimum absolute atomic E-state index is 0.667. The molecule has 0 spiro atoms. The molecule has 0 aromatic carbocycles. The largest absolute Gasteiger partial charge is 0.350 e. The minimum Gasteiger partial charge on any atom is -0.350 e. The summed E-state index contributed by atoms with van der Waals surface area (Å²) in [7, 11) is -1.11. The first kappa shape index (κ1) is 10.3. The van der Waals surface area contributed by atoms with Gasteiger partial charge in [0.15, 0.2) is 8.38 Å². The molecule has 0 aliphatic carbocycles. The van der Waals surface area contributed by atoms with Crippen molar-refractivity contribution in [2.45, 2.75) is 27.2 Å². The average molecular weight is 164 g/mol. The van der Waals surface area contributed by atoms with Gasteiger partial charge in [-0.25, -0.2) is 0 Å². The summed E-state index contributed by atoms with van der Waals surface area (Å²) in [4.78, 5) is 9.01. The fraction of sp³-hybridized carbons (Fsp3) is 1.00. The summed E-state index contributed by atoms with van der Waals surface area (Å²) in [6.07, 6.45) is 1.78.